The van der Waals surface area contributed by atoms with E-state index in [1.54, 1.807) is 18.2 Å². The van der Waals surface area contributed by atoms with Crippen LogP contribution < -0.4 is 5.32 Å². The van der Waals surface area contributed by atoms with Crippen LogP contribution in [0.5, 0.6) is 0 Å². The number of likely N-dealkylation sites (tertiary alicyclic amines) is 1. The molecule has 0 spiro atoms. The third kappa shape index (κ3) is 3.25. The molecule has 1 N–H and O–H groups in total. The van der Waals surface area contributed by atoms with Gasteiger partial charge in [-0.2, -0.15) is 5.26 Å². The standard InChI is InChI=1S/C17H21N3O/c18-10-13-4-1-2-7-16(13)19-17(21)8-9-20-11-14-5-3-6-15(14)12-20/h1-2,4,7,14-15H,3,5-6,8-9,11-12H2,(H,19,21). The number of nitrogens with one attached hydrogen (secondary N) is 1. The molecule has 2 atom stereocenters. The predicted molar refractivity (Wildman–Crippen MR) is 81.7 cm³/mol. The molecule has 1 saturated heterocycles. The van der Waals surface area contributed by atoms with Crippen molar-refractivity contribution < 1.29 is 4.79 Å². The van der Waals surface area contributed by atoms with Crippen LogP contribution in [0.15, 0.2) is 24.3 Å². The SMILES string of the molecule is N#Cc1ccccc1NC(=O)CCN1CC2CCCC2C1. The van der Waals surface area contributed by atoms with Crippen LogP contribution in [0.25, 0.3) is 0 Å². The van der Waals surface area contributed by atoms with Crippen molar-refractivity contribution in [2.75, 3.05) is 25.0 Å². The molecule has 21 heavy (non-hydrogen) atoms. The van der Waals surface area contributed by atoms with E-state index in [9.17, 15) is 4.79 Å². The fourth-order valence-corrected chi connectivity index (χ4v) is 3.68. The Labute approximate surface area is 125 Å². The molecule has 1 heterocycles. The number of fused-ring (bicyclic) bond motifs is 1. The van der Waals surface area contributed by atoms with Gasteiger partial charge in [-0.1, -0.05) is 18.6 Å². The lowest BCUT2D eigenvalue weighted by Crippen LogP contribution is -2.26. The number of carbonyl (C=O) groups is 1. The van der Waals surface area contributed by atoms with Crippen LogP contribution in [0.3, 0.4) is 0 Å². The highest BCUT2D eigenvalue weighted by molar-refractivity contribution is 5.92. The van der Waals surface area contributed by atoms with Crippen LogP contribution in [-0.2, 0) is 4.79 Å². The highest BCUT2D eigenvalue weighted by Gasteiger charge is 2.35. The van der Waals surface area contributed by atoms with E-state index in [0.717, 1.165) is 31.5 Å². The molecular formula is C17H21N3O. The Morgan fingerprint density at radius 1 is 1.29 bits per heavy atom. The molecule has 2 fully saturated rings. The lowest BCUT2D eigenvalue weighted by Gasteiger charge is -2.16. The first-order valence-corrected chi connectivity index (χ1v) is 7.77. The number of nitriles is 1. The Bertz CT molecular complexity index is 551. The molecule has 0 bridgehead atoms. The molecule has 1 aromatic rings. The van der Waals surface area contributed by atoms with Crippen molar-refractivity contribution in [3.8, 4) is 6.07 Å². The van der Waals surface area contributed by atoms with Crippen molar-refractivity contribution in [1.29, 1.82) is 5.26 Å². The Morgan fingerprint density at radius 3 is 2.71 bits per heavy atom. The average Bonchev–Trinajstić information content (AvgIpc) is 3.07. The van der Waals surface area contributed by atoms with Crippen molar-refractivity contribution in [3.05, 3.63) is 29.8 Å². The zero-order valence-corrected chi connectivity index (χ0v) is 12.2. The number of hydrogen-bond donors (Lipinski definition) is 1. The average molecular weight is 283 g/mol. The summed E-state index contributed by atoms with van der Waals surface area (Å²) in [5.41, 5.74) is 1.13. The smallest absolute Gasteiger partial charge is 0.225 e. The van der Waals surface area contributed by atoms with Gasteiger partial charge in [0.05, 0.1) is 11.3 Å². The molecule has 2 unspecified atom stereocenters. The summed E-state index contributed by atoms with van der Waals surface area (Å²) in [7, 11) is 0. The molecule has 0 radical (unpaired) electrons. The monoisotopic (exact) mass is 283 g/mol. The van der Waals surface area contributed by atoms with E-state index in [0.29, 0.717) is 17.7 Å². The van der Waals surface area contributed by atoms with E-state index in [-0.39, 0.29) is 5.91 Å². The first kappa shape index (κ1) is 14.1. The quantitative estimate of drug-likeness (QED) is 0.924. The van der Waals surface area contributed by atoms with Gasteiger partial charge in [-0.3, -0.25) is 4.79 Å². The fraction of sp³-hybridized carbons (Fsp3) is 0.529. The molecule has 4 nitrogen and oxygen atoms in total. The summed E-state index contributed by atoms with van der Waals surface area (Å²) >= 11 is 0. The van der Waals surface area contributed by atoms with Gasteiger partial charge in [-0.15, -0.1) is 0 Å². The van der Waals surface area contributed by atoms with Gasteiger partial charge in [-0.25, -0.2) is 0 Å². The van der Waals surface area contributed by atoms with Gasteiger partial charge in [-0.05, 0) is 36.8 Å². The van der Waals surface area contributed by atoms with E-state index in [4.69, 9.17) is 5.26 Å². The lowest BCUT2D eigenvalue weighted by atomic mass is 10.0. The fourth-order valence-electron chi connectivity index (χ4n) is 3.68. The van der Waals surface area contributed by atoms with Gasteiger partial charge in [0.15, 0.2) is 0 Å². The summed E-state index contributed by atoms with van der Waals surface area (Å²) in [5.74, 6) is 1.73. The first-order valence-electron chi connectivity index (χ1n) is 7.77. The van der Waals surface area contributed by atoms with Crippen molar-refractivity contribution in [2.45, 2.75) is 25.7 Å². The second-order valence-corrected chi connectivity index (χ2v) is 6.17. The van der Waals surface area contributed by atoms with E-state index >= 15 is 0 Å². The normalized spacial score (nSPS) is 24.5. The Hall–Kier alpha value is -1.86. The largest absolute Gasteiger partial charge is 0.325 e. The van der Waals surface area contributed by atoms with Gasteiger partial charge in [0, 0.05) is 26.1 Å². The predicted octanol–water partition coefficient (Wildman–Crippen LogP) is 2.62. The van der Waals surface area contributed by atoms with Gasteiger partial charge < -0.3 is 10.2 Å². The van der Waals surface area contributed by atoms with E-state index in [1.807, 2.05) is 6.07 Å². The maximum atomic E-state index is 12.0. The number of nitrogens with zero attached hydrogens (tertiary/aromatic N) is 2. The van der Waals surface area contributed by atoms with Gasteiger partial charge in [0.25, 0.3) is 0 Å². The zero-order chi connectivity index (χ0) is 14.7. The van der Waals surface area contributed by atoms with Crippen molar-refractivity contribution in [2.24, 2.45) is 11.8 Å². The highest BCUT2D eigenvalue weighted by Crippen LogP contribution is 2.37. The van der Waals surface area contributed by atoms with Crippen LogP contribution in [-0.4, -0.2) is 30.4 Å². The van der Waals surface area contributed by atoms with Crippen molar-refractivity contribution in [1.82, 2.24) is 4.90 Å². The maximum Gasteiger partial charge on any atom is 0.225 e. The number of carbonyl (C=O) groups excluding carboxylic acids is 1. The second kappa shape index (κ2) is 6.28. The minimum Gasteiger partial charge on any atom is -0.325 e. The lowest BCUT2D eigenvalue weighted by molar-refractivity contribution is -0.116. The number of rotatable bonds is 4. The van der Waals surface area contributed by atoms with E-state index in [1.165, 1.54) is 19.3 Å². The molecule has 0 aromatic heterocycles. The second-order valence-electron chi connectivity index (χ2n) is 6.17. The molecule has 1 aliphatic heterocycles. The number of para-hydroxylation sites is 1. The Balaban J connectivity index is 1.48. The van der Waals surface area contributed by atoms with E-state index < -0.39 is 0 Å². The number of anilines is 1. The Morgan fingerprint density at radius 2 is 2.00 bits per heavy atom. The van der Waals surface area contributed by atoms with Crippen LogP contribution in [0.2, 0.25) is 0 Å². The van der Waals surface area contributed by atoms with Crippen LogP contribution in [0.1, 0.15) is 31.2 Å². The van der Waals surface area contributed by atoms with Crippen LogP contribution >= 0.6 is 0 Å². The summed E-state index contributed by atoms with van der Waals surface area (Å²) in [4.78, 5) is 14.5. The maximum absolute atomic E-state index is 12.0. The van der Waals surface area contributed by atoms with E-state index in [2.05, 4.69) is 16.3 Å². The summed E-state index contributed by atoms with van der Waals surface area (Å²) in [6.07, 6.45) is 4.61. The minimum absolute atomic E-state index is 0.00485. The third-order valence-corrected chi connectivity index (χ3v) is 4.78. The number of amides is 1. The summed E-state index contributed by atoms with van der Waals surface area (Å²) in [6, 6.07) is 9.23. The topological polar surface area (TPSA) is 56.1 Å². The van der Waals surface area contributed by atoms with Gasteiger partial charge >= 0.3 is 0 Å². The van der Waals surface area contributed by atoms with Crippen molar-refractivity contribution >= 4 is 11.6 Å². The summed E-state index contributed by atoms with van der Waals surface area (Å²) < 4.78 is 0. The van der Waals surface area contributed by atoms with Crippen LogP contribution in [0, 0.1) is 23.2 Å². The molecular weight excluding hydrogens is 262 g/mol. The number of hydrogen-bond acceptors (Lipinski definition) is 3. The molecule has 1 amide bonds. The molecule has 3 rings (SSSR count). The third-order valence-electron chi connectivity index (χ3n) is 4.78. The molecule has 1 aromatic carbocycles. The first-order chi connectivity index (χ1) is 10.3. The van der Waals surface area contributed by atoms with Gasteiger partial charge in [0.2, 0.25) is 5.91 Å². The van der Waals surface area contributed by atoms with Crippen molar-refractivity contribution in [3.63, 3.8) is 0 Å². The van der Waals surface area contributed by atoms with Gasteiger partial charge in [0.1, 0.15) is 6.07 Å². The summed E-state index contributed by atoms with van der Waals surface area (Å²) in [6.45, 7) is 3.15. The molecule has 2 aliphatic rings. The number of benzene rings is 1. The zero-order valence-electron chi connectivity index (χ0n) is 12.2. The minimum atomic E-state index is -0.00485. The molecule has 110 valence electrons. The summed E-state index contributed by atoms with van der Waals surface area (Å²) in [5, 5.41) is 11.9. The van der Waals surface area contributed by atoms with Crippen LogP contribution in [0.4, 0.5) is 5.69 Å². The molecule has 1 aliphatic carbocycles. The Kier molecular flexibility index (Phi) is 4.21. The molecule has 1 saturated carbocycles. The molecule has 4 heteroatoms. The highest BCUT2D eigenvalue weighted by atomic mass is 16.1.